The van der Waals surface area contributed by atoms with E-state index in [1.54, 1.807) is 4.68 Å². The van der Waals surface area contributed by atoms with Gasteiger partial charge in [-0.05, 0) is 74.5 Å². The minimum absolute atomic E-state index is 0.0148. The third-order valence-corrected chi connectivity index (χ3v) is 9.06. The molecule has 4 saturated carbocycles. The Hall–Kier alpha value is -1.18. The maximum Gasteiger partial charge on any atom is 0.473 e. The maximum absolute atomic E-state index is 12.9. The highest BCUT2D eigenvalue weighted by Gasteiger charge is 2.53. The molecule has 0 spiro atoms. The van der Waals surface area contributed by atoms with Crippen LogP contribution in [0.25, 0.3) is 0 Å². The van der Waals surface area contributed by atoms with Crippen molar-refractivity contribution in [2.45, 2.75) is 103 Å². The molecular formula is C24H36F3N3OS. The minimum Gasteiger partial charge on any atom is -0.262 e. The molecule has 32 heavy (non-hydrogen) atoms. The van der Waals surface area contributed by atoms with Crippen LogP contribution in [0, 0.1) is 29.6 Å². The van der Waals surface area contributed by atoms with E-state index in [0.717, 1.165) is 61.3 Å². The molecular weight excluding hydrogens is 435 g/mol. The molecule has 1 heterocycles. The summed E-state index contributed by atoms with van der Waals surface area (Å²) >= 11 is 1.23. The van der Waals surface area contributed by atoms with Crippen LogP contribution < -0.4 is 4.80 Å². The number of aryl methyl sites for hydroxylation is 1. The second-order valence-electron chi connectivity index (χ2n) is 11.2. The number of rotatable bonds is 8. The first-order valence-electron chi connectivity index (χ1n) is 12.3. The van der Waals surface area contributed by atoms with Gasteiger partial charge in [0.1, 0.15) is 5.01 Å². The molecule has 1 aromatic heterocycles. The lowest BCUT2D eigenvalue weighted by Crippen LogP contribution is -2.48. The average Bonchev–Trinajstić information content (AvgIpc) is 3.08. The van der Waals surface area contributed by atoms with Crippen molar-refractivity contribution in [2.24, 2.45) is 34.6 Å². The predicted molar refractivity (Wildman–Crippen MR) is 119 cm³/mol. The summed E-state index contributed by atoms with van der Waals surface area (Å²) in [6.07, 6.45) is 6.46. The van der Waals surface area contributed by atoms with Crippen molar-refractivity contribution in [3.05, 3.63) is 9.81 Å². The second-order valence-corrected chi connectivity index (χ2v) is 12.2. The first-order valence-corrected chi connectivity index (χ1v) is 13.1. The van der Waals surface area contributed by atoms with E-state index >= 15 is 0 Å². The van der Waals surface area contributed by atoms with Crippen LogP contribution in [0.2, 0.25) is 0 Å². The Bertz CT molecular complexity index is 851. The molecule has 0 aliphatic heterocycles. The van der Waals surface area contributed by atoms with E-state index in [1.165, 1.54) is 37.0 Å². The van der Waals surface area contributed by atoms with Crippen molar-refractivity contribution in [1.82, 2.24) is 9.78 Å². The molecule has 1 aromatic rings. The van der Waals surface area contributed by atoms with Crippen molar-refractivity contribution < 1.29 is 18.0 Å². The van der Waals surface area contributed by atoms with Crippen LogP contribution >= 0.6 is 11.3 Å². The molecule has 1 unspecified atom stereocenters. The lowest BCUT2D eigenvalue weighted by Gasteiger charge is -2.55. The topological polar surface area (TPSA) is 47.2 Å². The van der Waals surface area contributed by atoms with E-state index in [9.17, 15) is 18.0 Å². The van der Waals surface area contributed by atoms with Gasteiger partial charge < -0.3 is 0 Å². The van der Waals surface area contributed by atoms with Gasteiger partial charge >= 0.3 is 12.1 Å². The van der Waals surface area contributed by atoms with Crippen LogP contribution in [0.1, 0.15) is 90.0 Å². The molecule has 4 nitrogen and oxygen atoms in total. The summed E-state index contributed by atoms with van der Waals surface area (Å²) in [5, 5.41) is 5.75. The molecule has 4 aliphatic rings. The SMILES string of the molecule is CC(C)CCCC(C)CCn1nc(C23CC4CC(CC(C4)C2)C3)sc1=NC(=O)C(F)(F)F. The van der Waals surface area contributed by atoms with Crippen LogP contribution in [0.4, 0.5) is 13.2 Å². The number of alkyl halides is 3. The van der Waals surface area contributed by atoms with Gasteiger partial charge in [-0.2, -0.15) is 23.3 Å². The monoisotopic (exact) mass is 471 g/mol. The summed E-state index contributed by atoms with van der Waals surface area (Å²) in [7, 11) is 0. The third kappa shape index (κ3) is 5.31. The minimum atomic E-state index is -4.95. The smallest absolute Gasteiger partial charge is 0.262 e. The van der Waals surface area contributed by atoms with E-state index in [1.807, 2.05) is 0 Å². The van der Waals surface area contributed by atoms with Gasteiger partial charge in [0.2, 0.25) is 4.80 Å². The summed E-state index contributed by atoms with van der Waals surface area (Å²) in [5.41, 5.74) is -0.0148. The quantitative estimate of drug-likeness (QED) is 0.450. The molecule has 4 bridgehead atoms. The molecule has 0 radical (unpaired) electrons. The Morgan fingerprint density at radius 3 is 2.22 bits per heavy atom. The van der Waals surface area contributed by atoms with E-state index < -0.39 is 12.1 Å². The summed E-state index contributed by atoms with van der Waals surface area (Å²) in [6.45, 7) is 7.13. The van der Waals surface area contributed by atoms with Gasteiger partial charge in [-0.3, -0.25) is 4.79 Å². The highest BCUT2D eigenvalue weighted by atomic mass is 32.1. The number of nitrogens with zero attached hydrogens (tertiary/aromatic N) is 3. The van der Waals surface area contributed by atoms with Crippen molar-refractivity contribution in [1.29, 1.82) is 0 Å². The summed E-state index contributed by atoms with van der Waals surface area (Å²) < 4.78 is 40.4. The Morgan fingerprint density at radius 2 is 1.69 bits per heavy atom. The largest absolute Gasteiger partial charge is 0.473 e. The Labute approximate surface area is 192 Å². The van der Waals surface area contributed by atoms with Crippen LogP contribution in [0.5, 0.6) is 0 Å². The highest BCUT2D eigenvalue weighted by Crippen LogP contribution is 2.60. The summed E-state index contributed by atoms with van der Waals surface area (Å²) in [6, 6.07) is 0. The number of amides is 1. The van der Waals surface area contributed by atoms with Gasteiger partial charge in [-0.1, -0.05) is 51.4 Å². The molecule has 1 atom stereocenters. The van der Waals surface area contributed by atoms with Crippen molar-refractivity contribution in [2.75, 3.05) is 0 Å². The molecule has 8 heteroatoms. The van der Waals surface area contributed by atoms with Crippen molar-refractivity contribution in [3.63, 3.8) is 0 Å². The lowest BCUT2D eigenvalue weighted by atomic mass is 9.50. The van der Waals surface area contributed by atoms with E-state index in [0.29, 0.717) is 18.4 Å². The molecule has 5 rings (SSSR count). The van der Waals surface area contributed by atoms with Crippen LogP contribution in [-0.2, 0) is 16.8 Å². The zero-order chi connectivity index (χ0) is 23.1. The van der Waals surface area contributed by atoms with Crippen LogP contribution in [0.15, 0.2) is 4.99 Å². The van der Waals surface area contributed by atoms with Gasteiger partial charge in [0.05, 0.1) is 0 Å². The molecule has 4 aliphatic carbocycles. The number of carbonyl (C=O) groups is 1. The Morgan fingerprint density at radius 1 is 1.09 bits per heavy atom. The molecule has 0 saturated heterocycles. The predicted octanol–water partition coefficient (Wildman–Crippen LogP) is 6.25. The maximum atomic E-state index is 12.9. The van der Waals surface area contributed by atoms with Crippen molar-refractivity contribution >= 4 is 17.2 Å². The first-order chi connectivity index (χ1) is 15.0. The molecule has 180 valence electrons. The fourth-order valence-electron chi connectivity index (χ4n) is 6.64. The number of aromatic nitrogens is 2. The van der Waals surface area contributed by atoms with E-state index in [-0.39, 0.29) is 10.2 Å². The number of hydrogen-bond donors (Lipinski definition) is 0. The average molecular weight is 472 g/mol. The molecule has 0 aromatic carbocycles. The zero-order valence-corrected chi connectivity index (χ0v) is 20.3. The molecule has 4 fully saturated rings. The summed E-state index contributed by atoms with van der Waals surface area (Å²) in [5.74, 6) is 1.26. The van der Waals surface area contributed by atoms with Crippen LogP contribution in [0.3, 0.4) is 0 Å². The van der Waals surface area contributed by atoms with Crippen LogP contribution in [-0.4, -0.2) is 21.9 Å². The van der Waals surface area contributed by atoms with E-state index in [2.05, 4.69) is 25.8 Å². The van der Waals surface area contributed by atoms with Gasteiger partial charge in [0, 0.05) is 12.0 Å². The Kier molecular flexibility index (Phi) is 6.91. The van der Waals surface area contributed by atoms with Gasteiger partial charge in [-0.15, -0.1) is 0 Å². The molecule has 1 amide bonds. The number of hydrogen-bond acceptors (Lipinski definition) is 3. The van der Waals surface area contributed by atoms with Gasteiger partial charge in [0.25, 0.3) is 0 Å². The van der Waals surface area contributed by atoms with E-state index in [4.69, 9.17) is 5.10 Å². The highest BCUT2D eigenvalue weighted by molar-refractivity contribution is 7.09. The van der Waals surface area contributed by atoms with Gasteiger partial charge in [0.15, 0.2) is 0 Å². The fraction of sp³-hybridized carbons (Fsp3) is 0.875. The second kappa shape index (κ2) is 9.22. The molecule has 0 N–H and O–H groups in total. The lowest BCUT2D eigenvalue weighted by molar-refractivity contribution is -0.169. The zero-order valence-electron chi connectivity index (χ0n) is 19.5. The number of halogens is 3. The third-order valence-electron chi connectivity index (χ3n) is 7.86. The number of carbonyl (C=O) groups excluding carboxylic acids is 1. The van der Waals surface area contributed by atoms with Crippen molar-refractivity contribution in [3.8, 4) is 0 Å². The normalized spacial score (nSPS) is 31.0. The Balaban J connectivity index is 1.56. The summed E-state index contributed by atoms with van der Waals surface area (Å²) in [4.78, 5) is 15.3. The fourth-order valence-corrected chi connectivity index (χ4v) is 7.78. The first kappa shape index (κ1) is 24.0. The van der Waals surface area contributed by atoms with Gasteiger partial charge in [-0.25, -0.2) is 4.68 Å². The standard InChI is InChI=1S/C24H36F3N3OS/c1-15(2)5-4-6-16(3)7-8-30-22(28-20(31)24(25,26)27)32-21(29-30)23-12-17-9-18(13-23)11-19(10-17)14-23/h15-19H,4-14H2,1-3H3.